The third-order valence-corrected chi connectivity index (χ3v) is 4.01. The van der Waals surface area contributed by atoms with E-state index in [9.17, 15) is 8.78 Å². The molecule has 0 spiro atoms. The van der Waals surface area contributed by atoms with E-state index in [0.29, 0.717) is 30.3 Å². The van der Waals surface area contributed by atoms with Gasteiger partial charge < -0.3 is 9.47 Å². The summed E-state index contributed by atoms with van der Waals surface area (Å²) in [5.74, 6) is 0.313. The van der Waals surface area contributed by atoms with Gasteiger partial charge in [-0.2, -0.15) is 8.78 Å². The number of hydrogen-bond donors (Lipinski definition) is 0. The number of alkyl halides is 2. The first kappa shape index (κ1) is 21.2. The molecule has 10 heteroatoms. The molecule has 150 valence electrons. The van der Waals surface area contributed by atoms with Gasteiger partial charge in [0.25, 0.3) is 0 Å². The Bertz CT molecular complexity index is 816. The van der Waals surface area contributed by atoms with E-state index in [2.05, 4.69) is 15.2 Å². The SMILES string of the molecule is CCOc1cc(CN(C)Cn2nnn(C(C)(C)C)c2=S)ccc1OC(F)F. The molecule has 0 saturated heterocycles. The van der Waals surface area contributed by atoms with Crippen LogP contribution in [-0.2, 0) is 18.8 Å². The molecule has 0 unspecified atom stereocenters. The molecule has 0 radical (unpaired) electrons. The number of halogens is 2. The molecular weight excluding hydrogens is 376 g/mol. The number of aromatic nitrogens is 4. The van der Waals surface area contributed by atoms with Crippen LogP contribution in [-0.4, -0.2) is 45.0 Å². The van der Waals surface area contributed by atoms with Crippen LogP contribution in [0.1, 0.15) is 33.3 Å². The molecule has 2 rings (SSSR count). The van der Waals surface area contributed by atoms with Gasteiger partial charge in [0, 0.05) is 6.54 Å². The predicted molar refractivity (Wildman–Crippen MR) is 99.6 cm³/mol. The molecule has 0 fully saturated rings. The normalized spacial score (nSPS) is 12.0. The second-order valence-corrected chi connectivity index (χ2v) is 7.46. The monoisotopic (exact) mass is 401 g/mol. The van der Waals surface area contributed by atoms with Crippen LogP contribution in [0.5, 0.6) is 11.5 Å². The molecule has 0 aliphatic heterocycles. The molecule has 1 aromatic carbocycles. The summed E-state index contributed by atoms with van der Waals surface area (Å²) in [5.41, 5.74) is 0.637. The van der Waals surface area contributed by atoms with Crippen molar-refractivity contribution < 1.29 is 18.3 Å². The van der Waals surface area contributed by atoms with Gasteiger partial charge in [0.05, 0.1) is 18.8 Å². The number of tetrazole rings is 1. The van der Waals surface area contributed by atoms with Gasteiger partial charge in [-0.15, -0.1) is 0 Å². The van der Waals surface area contributed by atoms with Crippen LogP contribution in [0.3, 0.4) is 0 Å². The van der Waals surface area contributed by atoms with Gasteiger partial charge in [-0.05, 0) is 75.1 Å². The second-order valence-electron chi connectivity index (χ2n) is 7.09. The topological polar surface area (TPSA) is 57.3 Å². The van der Waals surface area contributed by atoms with Gasteiger partial charge in [0.1, 0.15) is 0 Å². The first-order valence-electron chi connectivity index (χ1n) is 8.54. The van der Waals surface area contributed by atoms with E-state index in [-0.39, 0.29) is 11.3 Å². The van der Waals surface area contributed by atoms with Gasteiger partial charge >= 0.3 is 6.61 Å². The lowest BCUT2D eigenvalue weighted by Crippen LogP contribution is -2.25. The van der Waals surface area contributed by atoms with E-state index >= 15 is 0 Å². The van der Waals surface area contributed by atoms with Crippen molar-refractivity contribution in [1.82, 2.24) is 24.7 Å². The molecule has 0 bridgehead atoms. The van der Waals surface area contributed by atoms with Gasteiger partial charge in [0.15, 0.2) is 11.5 Å². The Hall–Kier alpha value is -2.07. The summed E-state index contributed by atoms with van der Waals surface area (Å²) < 4.78 is 38.8. The molecule has 0 amide bonds. The average Bonchev–Trinajstić information content (AvgIpc) is 2.90. The molecule has 2 aromatic rings. The largest absolute Gasteiger partial charge is 0.490 e. The Morgan fingerprint density at radius 2 is 1.93 bits per heavy atom. The Labute approximate surface area is 162 Å². The Kier molecular flexibility index (Phi) is 6.88. The maximum atomic E-state index is 12.5. The molecule has 27 heavy (non-hydrogen) atoms. The quantitative estimate of drug-likeness (QED) is 0.630. The maximum absolute atomic E-state index is 12.5. The van der Waals surface area contributed by atoms with E-state index in [1.54, 1.807) is 28.4 Å². The van der Waals surface area contributed by atoms with Crippen molar-refractivity contribution >= 4 is 12.2 Å². The van der Waals surface area contributed by atoms with Crippen molar-refractivity contribution in [1.29, 1.82) is 0 Å². The molecule has 0 atom stereocenters. The maximum Gasteiger partial charge on any atom is 0.387 e. The van der Waals surface area contributed by atoms with Crippen molar-refractivity contribution in [2.45, 2.75) is 53.1 Å². The fraction of sp³-hybridized carbons (Fsp3) is 0.588. The summed E-state index contributed by atoms with van der Waals surface area (Å²) >= 11 is 5.44. The van der Waals surface area contributed by atoms with Gasteiger partial charge in [-0.3, -0.25) is 4.90 Å². The minimum absolute atomic E-state index is 0.0218. The van der Waals surface area contributed by atoms with E-state index in [1.807, 2.05) is 32.7 Å². The van der Waals surface area contributed by atoms with Crippen LogP contribution in [0.4, 0.5) is 8.78 Å². The Morgan fingerprint density at radius 1 is 1.22 bits per heavy atom. The fourth-order valence-electron chi connectivity index (χ4n) is 2.49. The van der Waals surface area contributed by atoms with Crippen molar-refractivity contribution in [3.05, 3.63) is 28.5 Å². The van der Waals surface area contributed by atoms with E-state index < -0.39 is 6.61 Å². The standard InChI is InChI=1S/C17H25F2N5O2S/c1-6-25-14-9-12(7-8-13(14)26-15(18)19)10-22(5)11-23-16(27)24(21-20-23)17(2,3)4/h7-9,15H,6,10-11H2,1-5H3. The lowest BCUT2D eigenvalue weighted by molar-refractivity contribution is -0.0514. The van der Waals surface area contributed by atoms with E-state index in [1.165, 1.54) is 6.07 Å². The van der Waals surface area contributed by atoms with Crippen molar-refractivity contribution in [2.24, 2.45) is 0 Å². The second kappa shape index (κ2) is 8.75. The molecule has 0 saturated carbocycles. The van der Waals surface area contributed by atoms with Crippen LogP contribution < -0.4 is 9.47 Å². The number of rotatable bonds is 8. The van der Waals surface area contributed by atoms with Crippen LogP contribution in [0.2, 0.25) is 0 Å². The lowest BCUT2D eigenvalue weighted by atomic mass is 10.1. The van der Waals surface area contributed by atoms with Crippen LogP contribution >= 0.6 is 12.2 Å². The number of hydrogen-bond acceptors (Lipinski definition) is 6. The molecule has 0 aliphatic rings. The molecule has 7 nitrogen and oxygen atoms in total. The summed E-state index contributed by atoms with van der Waals surface area (Å²) in [6, 6.07) is 4.91. The summed E-state index contributed by atoms with van der Waals surface area (Å²) in [5, 5.41) is 8.23. The fourth-order valence-corrected chi connectivity index (χ4v) is 2.89. The molecule has 0 N–H and O–H groups in total. The predicted octanol–water partition coefficient (Wildman–Crippen LogP) is 3.65. The molecule has 1 aromatic heterocycles. The minimum atomic E-state index is -2.90. The highest BCUT2D eigenvalue weighted by molar-refractivity contribution is 7.71. The summed E-state index contributed by atoms with van der Waals surface area (Å²) in [4.78, 5) is 1.98. The highest BCUT2D eigenvalue weighted by atomic mass is 32.1. The average molecular weight is 401 g/mol. The number of benzene rings is 1. The smallest absolute Gasteiger partial charge is 0.387 e. The van der Waals surface area contributed by atoms with E-state index in [4.69, 9.17) is 17.0 Å². The zero-order valence-corrected chi connectivity index (χ0v) is 17.0. The molecule has 0 aliphatic carbocycles. The van der Waals surface area contributed by atoms with Gasteiger partial charge in [-0.1, -0.05) is 6.07 Å². The summed E-state index contributed by atoms with van der Waals surface area (Å²) in [6.45, 7) is 6.23. The van der Waals surface area contributed by atoms with Crippen LogP contribution in [0.25, 0.3) is 0 Å². The zero-order chi connectivity index (χ0) is 20.2. The van der Waals surface area contributed by atoms with Gasteiger partial charge in [-0.25, -0.2) is 9.36 Å². The van der Waals surface area contributed by atoms with Crippen molar-refractivity contribution in [2.75, 3.05) is 13.7 Å². The van der Waals surface area contributed by atoms with E-state index in [0.717, 1.165) is 5.56 Å². The van der Waals surface area contributed by atoms with Crippen LogP contribution in [0, 0.1) is 4.77 Å². The highest BCUT2D eigenvalue weighted by Crippen LogP contribution is 2.30. The summed E-state index contributed by atoms with van der Waals surface area (Å²) in [7, 11) is 1.90. The minimum Gasteiger partial charge on any atom is -0.490 e. The highest BCUT2D eigenvalue weighted by Gasteiger charge is 2.18. The third-order valence-electron chi connectivity index (χ3n) is 3.63. The van der Waals surface area contributed by atoms with Crippen LogP contribution in [0.15, 0.2) is 18.2 Å². The Balaban J connectivity index is 2.11. The first-order chi connectivity index (χ1) is 12.6. The zero-order valence-electron chi connectivity index (χ0n) is 16.1. The van der Waals surface area contributed by atoms with Crippen molar-refractivity contribution in [3.8, 4) is 11.5 Å². The Morgan fingerprint density at radius 3 is 2.48 bits per heavy atom. The lowest BCUT2D eigenvalue weighted by Gasteiger charge is -2.19. The first-order valence-corrected chi connectivity index (χ1v) is 8.95. The molecule has 1 heterocycles. The number of nitrogens with zero attached hydrogens (tertiary/aromatic N) is 5. The van der Waals surface area contributed by atoms with Crippen molar-refractivity contribution in [3.63, 3.8) is 0 Å². The molecular formula is C17H25F2N5O2S. The summed E-state index contributed by atoms with van der Waals surface area (Å²) in [6.07, 6.45) is 0. The number of ether oxygens (including phenoxy) is 2. The van der Waals surface area contributed by atoms with Gasteiger partial charge in [0.2, 0.25) is 4.77 Å². The third kappa shape index (κ3) is 5.70.